The molecule has 0 aliphatic rings. The first-order valence-electron chi connectivity index (χ1n) is 16.5. The lowest BCUT2D eigenvalue weighted by Gasteiger charge is -2.28. The predicted molar refractivity (Wildman–Crippen MR) is 204 cm³/mol. The Morgan fingerprint density at radius 1 is 0.426 bits per heavy atom. The molecule has 0 unspecified atom stereocenters. The van der Waals surface area contributed by atoms with Gasteiger partial charge >= 0.3 is 0 Å². The van der Waals surface area contributed by atoms with Crippen LogP contribution in [0.15, 0.2) is 133 Å². The van der Waals surface area contributed by atoms with Gasteiger partial charge in [0.1, 0.15) is 0 Å². The Kier molecular flexibility index (Phi) is 9.80. The fourth-order valence-corrected chi connectivity index (χ4v) is 6.32. The zero-order chi connectivity index (χ0) is 32.9. The molecule has 0 spiro atoms. The number of hydrogen-bond donors (Lipinski definition) is 0. The van der Waals surface area contributed by atoms with Gasteiger partial charge in [0.05, 0.1) is 0 Å². The molecule has 0 amide bonds. The van der Waals surface area contributed by atoms with Crippen LogP contribution in [0.4, 0.5) is 34.1 Å². The standard InChI is InChI=1S/C44H43ClN2/c1-31-8-18-39(19-9-31)46(40-20-10-32(2)11-21-40)43-26-16-37(29-34(43)4)38-17-27-44(35(5)30-38)47(41-22-12-33(3)13-23-41)42-24-14-36(15-25-42)7-6-28-45/h8-27,29-30H,6-7,28H2,1-5H3. The van der Waals surface area contributed by atoms with Crippen LogP contribution in [-0.4, -0.2) is 5.88 Å². The average Bonchev–Trinajstić information content (AvgIpc) is 3.08. The molecule has 3 heteroatoms. The SMILES string of the molecule is Cc1ccc(N(c2ccc(C)cc2)c2ccc(-c3ccc(N(c4ccc(C)cc4)c4ccc(CCCCl)cc4)c(C)c3)cc2C)cc1. The summed E-state index contributed by atoms with van der Waals surface area (Å²) in [5.41, 5.74) is 16.9. The normalized spacial score (nSPS) is 11.0. The Balaban J connectivity index is 1.36. The van der Waals surface area contributed by atoms with E-state index in [4.69, 9.17) is 11.6 Å². The highest BCUT2D eigenvalue weighted by Crippen LogP contribution is 2.41. The average molecular weight is 635 g/mol. The van der Waals surface area contributed by atoms with Gasteiger partial charge in [0.2, 0.25) is 0 Å². The van der Waals surface area contributed by atoms with Gasteiger partial charge in [-0.1, -0.05) is 77.4 Å². The first kappa shape index (κ1) is 32.2. The predicted octanol–water partition coefficient (Wildman–Crippen LogP) is 13.0. The van der Waals surface area contributed by atoms with Crippen molar-refractivity contribution in [2.45, 2.75) is 47.5 Å². The number of nitrogens with zero attached hydrogens (tertiary/aromatic N) is 2. The Morgan fingerprint density at radius 3 is 1.09 bits per heavy atom. The summed E-state index contributed by atoms with van der Waals surface area (Å²) in [6.07, 6.45) is 1.98. The van der Waals surface area contributed by atoms with Gasteiger partial charge < -0.3 is 9.80 Å². The summed E-state index contributed by atoms with van der Waals surface area (Å²) in [7, 11) is 0. The van der Waals surface area contributed by atoms with Crippen LogP contribution < -0.4 is 9.80 Å². The van der Waals surface area contributed by atoms with Crippen molar-refractivity contribution in [3.05, 3.63) is 167 Å². The summed E-state index contributed by atoms with van der Waals surface area (Å²) in [4.78, 5) is 4.71. The van der Waals surface area contributed by atoms with E-state index in [0.29, 0.717) is 5.88 Å². The second kappa shape index (κ2) is 14.3. The molecule has 6 aromatic carbocycles. The van der Waals surface area contributed by atoms with Crippen molar-refractivity contribution >= 4 is 45.7 Å². The highest BCUT2D eigenvalue weighted by molar-refractivity contribution is 6.17. The van der Waals surface area contributed by atoms with E-state index in [2.05, 4.69) is 178 Å². The zero-order valence-electron chi connectivity index (χ0n) is 28.1. The van der Waals surface area contributed by atoms with Crippen LogP contribution in [0.25, 0.3) is 11.1 Å². The van der Waals surface area contributed by atoms with Crippen LogP contribution in [0.2, 0.25) is 0 Å². The minimum atomic E-state index is 0.683. The Hall–Kier alpha value is -4.79. The van der Waals surface area contributed by atoms with Crippen molar-refractivity contribution in [1.82, 2.24) is 0 Å². The number of halogens is 1. The molecule has 0 radical (unpaired) electrons. The van der Waals surface area contributed by atoms with E-state index < -0.39 is 0 Å². The number of anilines is 6. The molecule has 0 saturated carbocycles. The summed E-state index contributed by atoms with van der Waals surface area (Å²) in [5.74, 6) is 0.683. The third-order valence-electron chi connectivity index (χ3n) is 8.88. The van der Waals surface area contributed by atoms with Crippen molar-refractivity contribution in [2.75, 3.05) is 15.7 Å². The van der Waals surface area contributed by atoms with Crippen molar-refractivity contribution in [1.29, 1.82) is 0 Å². The zero-order valence-corrected chi connectivity index (χ0v) is 28.9. The molecule has 0 aliphatic heterocycles. The van der Waals surface area contributed by atoms with Crippen LogP contribution >= 0.6 is 11.6 Å². The lowest BCUT2D eigenvalue weighted by Crippen LogP contribution is -2.12. The van der Waals surface area contributed by atoms with E-state index in [1.807, 2.05) is 0 Å². The summed E-state index contributed by atoms with van der Waals surface area (Å²) >= 11 is 5.96. The van der Waals surface area contributed by atoms with E-state index in [0.717, 1.165) is 35.6 Å². The van der Waals surface area contributed by atoms with Gasteiger partial charge in [-0.2, -0.15) is 0 Å². The highest BCUT2D eigenvalue weighted by Gasteiger charge is 2.18. The number of alkyl halides is 1. The molecule has 0 N–H and O–H groups in total. The smallest absolute Gasteiger partial charge is 0.0491 e. The quantitative estimate of drug-likeness (QED) is 0.138. The monoisotopic (exact) mass is 634 g/mol. The lowest BCUT2D eigenvalue weighted by molar-refractivity contribution is 0.928. The molecule has 0 heterocycles. The van der Waals surface area contributed by atoms with Crippen LogP contribution in [0.1, 0.15) is 39.8 Å². The van der Waals surface area contributed by atoms with Gasteiger partial charge in [-0.15, -0.1) is 11.6 Å². The van der Waals surface area contributed by atoms with Crippen LogP contribution in [-0.2, 0) is 6.42 Å². The topological polar surface area (TPSA) is 6.48 Å². The molecule has 0 bridgehead atoms. The summed E-state index contributed by atoms with van der Waals surface area (Å²) < 4.78 is 0. The number of hydrogen-bond acceptors (Lipinski definition) is 2. The molecule has 0 atom stereocenters. The van der Waals surface area contributed by atoms with Crippen LogP contribution in [0.5, 0.6) is 0 Å². The molecular weight excluding hydrogens is 592 g/mol. The number of rotatable bonds is 10. The van der Waals surface area contributed by atoms with E-state index in [9.17, 15) is 0 Å². The van der Waals surface area contributed by atoms with Crippen LogP contribution in [0.3, 0.4) is 0 Å². The minimum absolute atomic E-state index is 0.683. The van der Waals surface area contributed by atoms with Crippen molar-refractivity contribution in [2.24, 2.45) is 0 Å². The fourth-order valence-electron chi connectivity index (χ4n) is 6.19. The molecule has 2 nitrogen and oxygen atoms in total. The molecule has 0 aromatic heterocycles. The third kappa shape index (κ3) is 7.29. The summed E-state index contributed by atoms with van der Waals surface area (Å²) in [5, 5.41) is 0. The molecule has 0 saturated heterocycles. The van der Waals surface area contributed by atoms with E-state index in [1.54, 1.807) is 0 Å². The first-order chi connectivity index (χ1) is 22.8. The molecule has 0 fully saturated rings. The Bertz CT molecular complexity index is 1890. The Morgan fingerprint density at radius 2 is 0.766 bits per heavy atom. The van der Waals surface area contributed by atoms with Crippen molar-refractivity contribution in [3.8, 4) is 11.1 Å². The van der Waals surface area contributed by atoms with E-state index in [1.165, 1.54) is 55.9 Å². The second-order valence-corrected chi connectivity index (χ2v) is 13.0. The molecule has 6 rings (SSSR count). The highest BCUT2D eigenvalue weighted by atomic mass is 35.5. The van der Waals surface area contributed by atoms with Gasteiger partial charge in [-0.3, -0.25) is 0 Å². The van der Waals surface area contributed by atoms with Crippen molar-refractivity contribution < 1.29 is 0 Å². The minimum Gasteiger partial charge on any atom is -0.310 e. The van der Waals surface area contributed by atoms with Gasteiger partial charge in [-0.05, 0) is 148 Å². The molecule has 0 aliphatic carbocycles. The van der Waals surface area contributed by atoms with E-state index in [-0.39, 0.29) is 0 Å². The van der Waals surface area contributed by atoms with Crippen LogP contribution in [0, 0.1) is 34.6 Å². The summed E-state index contributed by atoms with van der Waals surface area (Å²) in [6, 6.07) is 48.9. The summed E-state index contributed by atoms with van der Waals surface area (Å²) in [6.45, 7) is 10.8. The number of benzene rings is 6. The number of aryl methyl sites for hydroxylation is 6. The maximum absolute atomic E-state index is 5.96. The van der Waals surface area contributed by atoms with Gasteiger partial charge in [0.25, 0.3) is 0 Å². The maximum atomic E-state index is 5.96. The maximum Gasteiger partial charge on any atom is 0.0491 e. The van der Waals surface area contributed by atoms with Gasteiger partial charge in [0, 0.05) is 40.0 Å². The third-order valence-corrected chi connectivity index (χ3v) is 9.15. The molecular formula is C44H43ClN2. The molecule has 6 aromatic rings. The largest absolute Gasteiger partial charge is 0.310 e. The fraction of sp³-hybridized carbons (Fsp3) is 0.182. The molecule has 47 heavy (non-hydrogen) atoms. The van der Waals surface area contributed by atoms with Gasteiger partial charge in [-0.25, -0.2) is 0 Å². The Labute approximate surface area is 285 Å². The lowest BCUT2D eigenvalue weighted by atomic mass is 9.98. The van der Waals surface area contributed by atoms with E-state index >= 15 is 0 Å². The second-order valence-electron chi connectivity index (χ2n) is 12.6. The molecule has 236 valence electrons. The van der Waals surface area contributed by atoms with Crippen molar-refractivity contribution in [3.63, 3.8) is 0 Å². The first-order valence-corrected chi connectivity index (χ1v) is 17.0. The van der Waals surface area contributed by atoms with Gasteiger partial charge in [0.15, 0.2) is 0 Å².